The average molecular weight is 229 g/mol. The molecule has 2 rings (SSSR count). The molecule has 0 saturated carbocycles. The van der Waals surface area contributed by atoms with Gasteiger partial charge in [-0.2, -0.15) is 11.8 Å². The van der Waals surface area contributed by atoms with Gasteiger partial charge in [0.2, 0.25) is 0 Å². The molecule has 0 amide bonds. The molecule has 2 heterocycles. The molecule has 1 N–H and O–H groups in total. The van der Waals surface area contributed by atoms with Crippen LogP contribution in [0.1, 0.15) is 33.6 Å². The van der Waals surface area contributed by atoms with Crippen LogP contribution in [0, 0.1) is 5.92 Å². The van der Waals surface area contributed by atoms with E-state index in [0.717, 1.165) is 19.1 Å². The molecule has 3 unspecified atom stereocenters. The SMILES string of the molecule is CC(C)CC1NCCOC12CCSC2C. The van der Waals surface area contributed by atoms with Crippen molar-refractivity contribution in [1.82, 2.24) is 5.32 Å². The van der Waals surface area contributed by atoms with Crippen LogP contribution < -0.4 is 5.32 Å². The molecule has 2 fully saturated rings. The first-order chi connectivity index (χ1) is 7.15. The molecule has 0 aromatic rings. The van der Waals surface area contributed by atoms with Gasteiger partial charge < -0.3 is 10.1 Å². The minimum Gasteiger partial charge on any atom is -0.371 e. The van der Waals surface area contributed by atoms with Crippen LogP contribution >= 0.6 is 11.8 Å². The van der Waals surface area contributed by atoms with Gasteiger partial charge in [-0.15, -0.1) is 0 Å². The standard InChI is InChI=1S/C12H23NOS/c1-9(2)8-11-12(14-6-5-13-11)4-7-15-10(12)3/h9-11,13H,4-8H2,1-3H3. The second-order valence-corrected chi connectivity index (χ2v) is 6.65. The summed E-state index contributed by atoms with van der Waals surface area (Å²) < 4.78 is 6.17. The monoisotopic (exact) mass is 229 g/mol. The van der Waals surface area contributed by atoms with E-state index in [1.54, 1.807) is 0 Å². The number of hydrogen-bond donors (Lipinski definition) is 1. The predicted molar refractivity (Wildman–Crippen MR) is 66.5 cm³/mol. The maximum absolute atomic E-state index is 6.17. The summed E-state index contributed by atoms with van der Waals surface area (Å²) in [6.07, 6.45) is 2.47. The quantitative estimate of drug-likeness (QED) is 0.785. The Morgan fingerprint density at radius 3 is 2.93 bits per heavy atom. The third-order valence-corrected chi connectivity index (χ3v) is 5.05. The molecule has 2 saturated heterocycles. The van der Waals surface area contributed by atoms with E-state index in [0.29, 0.717) is 11.3 Å². The third-order valence-electron chi connectivity index (χ3n) is 3.71. The van der Waals surface area contributed by atoms with Crippen molar-refractivity contribution in [3.8, 4) is 0 Å². The lowest BCUT2D eigenvalue weighted by molar-refractivity contribution is -0.0965. The lowest BCUT2D eigenvalue weighted by atomic mass is 9.82. The van der Waals surface area contributed by atoms with E-state index in [4.69, 9.17) is 4.74 Å². The zero-order valence-electron chi connectivity index (χ0n) is 10.1. The summed E-state index contributed by atoms with van der Waals surface area (Å²) in [5, 5.41) is 4.32. The number of hydrogen-bond acceptors (Lipinski definition) is 3. The fourth-order valence-corrected chi connectivity index (χ4v) is 4.31. The smallest absolute Gasteiger partial charge is 0.0958 e. The topological polar surface area (TPSA) is 21.3 Å². The number of rotatable bonds is 2. The highest BCUT2D eigenvalue weighted by atomic mass is 32.2. The molecule has 2 aliphatic rings. The van der Waals surface area contributed by atoms with Gasteiger partial charge in [-0.3, -0.25) is 0 Å². The Morgan fingerprint density at radius 2 is 2.33 bits per heavy atom. The summed E-state index contributed by atoms with van der Waals surface area (Å²) in [7, 11) is 0. The third kappa shape index (κ3) is 2.20. The minimum atomic E-state index is 0.132. The van der Waals surface area contributed by atoms with E-state index in [1.807, 2.05) is 0 Å². The Bertz CT molecular complexity index is 222. The van der Waals surface area contributed by atoms with Crippen LogP contribution in [0.15, 0.2) is 0 Å². The van der Waals surface area contributed by atoms with E-state index >= 15 is 0 Å². The summed E-state index contributed by atoms with van der Waals surface area (Å²) in [6.45, 7) is 8.85. The van der Waals surface area contributed by atoms with Crippen molar-refractivity contribution in [2.45, 2.75) is 50.5 Å². The second-order valence-electron chi connectivity index (χ2n) is 5.20. The maximum atomic E-state index is 6.17. The summed E-state index contributed by atoms with van der Waals surface area (Å²) in [5.41, 5.74) is 0.132. The zero-order chi connectivity index (χ0) is 10.9. The molecule has 0 bridgehead atoms. The van der Waals surface area contributed by atoms with Crippen LogP contribution in [0.4, 0.5) is 0 Å². The van der Waals surface area contributed by atoms with Crippen molar-refractivity contribution in [2.75, 3.05) is 18.9 Å². The summed E-state index contributed by atoms with van der Waals surface area (Å²) in [5.74, 6) is 2.01. The maximum Gasteiger partial charge on any atom is 0.0958 e. The molecule has 2 aliphatic heterocycles. The molecule has 0 radical (unpaired) electrons. The highest BCUT2D eigenvalue weighted by Crippen LogP contribution is 2.43. The fraction of sp³-hybridized carbons (Fsp3) is 1.00. The molecule has 0 aliphatic carbocycles. The Kier molecular flexibility index (Phi) is 3.63. The predicted octanol–water partition coefficient (Wildman–Crippen LogP) is 2.29. The summed E-state index contributed by atoms with van der Waals surface area (Å²) in [4.78, 5) is 0. The molecule has 3 heteroatoms. The summed E-state index contributed by atoms with van der Waals surface area (Å²) >= 11 is 2.07. The number of thioether (sulfide) groups is 1. The van der Waals surface area contributed by atoms with Crippen molar-refractivity contribution in [3.63, 3.8) is 0 Å². The van der Waals surface area contributed by atoms with E-state index in [2.05, 4.69) is 37.8 Å². The van der Waals surface area contributed by atoms with E-state index in [9.17, 15) is 0 Å². The molecule has 88 valence electrons. The van der Waals surface area contributed by atoms with Crippen molar-refractivity contribution >= 4 is 11.8 Å². The molecule has 1 spiro atoms. The van der Waals surface area contributed by atoms with Crippen molar-refractivity contribution in [3.05, 3.63) is 0 Å². The van der Waals surface area contributed by atoms with Gasteiger partial charge in [0.15, 0.2) is 0 Å². The van der Waals surface area contributed by atoms with Crippen LogP contribution in [0.5, 0.6) is 0 Å². The van der Waals surface area contributed by atoms with Crippen molar-refractivity contribution in [1.29, 1.82) is 0 Å². The molecular formula is C12H23NOS. The highest BCUT2D eigenvalue weighted by molar-refractivity contribution is 8.00. The molecule has 0 aromatic heterocycles. The first-order valence-corrected chi connectivity index (χ1v) is 7.19. The van der Waals surface area contributed by atoms with Gasteiger partial charge in [-0.1, -0.05) is 20.8 Å². The van der Waals surface area contributed by atoms with Gasteiger partial charge in [0, 0.05) is 17.8 Å². The number of morpholine rings is 1. The van der Waals surface area contributed by atoms with Crippen LogP contribution in [-0.4, -0.2) is 35.8 Å². The van der Waals surface area contributed by atoms with E-state index in [-0.39, 0.29) is 5.60 Å². The van der Waals surface area contributed by atoms with E-state index in [1.165, 1.54) is 18.6 Å². The lowest BCUT2D eigenvalue weighted by Crippen LogP contribution is -2.61. The van der Waals surface area contributed by atoms with Gasteiger partial charge in [-0.05, 0) is 24.5 Å². The Morgan fingerprint density at radius 1 is 1.53 bits per heavy atom. The van der Waals surface area contributed by atoms with Gasteiger partial charge in [0.1, 0.15) is 0 Å². The van der Waals surface area contributed by atoms with E-state index < -0.39 is 0 Å². The van der Waals surface area contributed by atoms with Gasteiger partial charge >= 0.3 is 0 Å². The van der Waals surface area contributed by atoms with Crippen molar-refractivity contribution < 1.29 is 4.74 Å². The number of nitrogens with one attached hydrogen (secondary N) is 1. The average Bonchev–Trinajstić information content (AvgIpc) is 2.53. The van der Waals surface area contributed by atoms with Crippen molar-refractivity contribution in [2.24, 2.45) is 5.92 Å². The Hall–Kier alpha value is 0.270. The molecule has 0 aromatic carbocycles. The van der Waals surface area contributed by atoms with Gasteiger partial charge in [0.25, 0.3) is 0 Å². The second kappa shape index (κ2) is 4.64. The van der Waals surface area contributed by atoms with Gasteiger partial charge in [-0.25, -0.2) is 0 Å². The first-order valence-electron chi connectivity index (χ1n) is 6.14. The fourth-order valence-electron chi connectivity index (χ4n) is 2.89. The van der Waals surface area contributed by atoms with Crippen LogP contribution in [0.25, 0.3) is 0 Å². The zero-order valence-corrected chi connectivity index (χ0v) is 10.9. The van der Waals surface area contributed by atoms with Crippen LogP contribution in [0.2, 0.25) is 0 Å². The largest absolute Gasteiger partial charge is 0.371 e. The molecule has 15 heavy (non-hydrogen) atoms. The van der Waals surface area contributed by atoms with Crippen LogP contribution in [0.3, 0.4) is 0 Å². The van der Waals surface area contributed by atoms with Crippen LogP contribution in [-0.2, 0) is 4.74 Å². The Labute approximate surface area is 97.5 Å². The number of ether oxygens (including phenoxy) is 1. The van der Waals surface area contributed by atoms with Gasteiger partial charge in [0.05, 0.1) is 12.2 Å². The Balaban J connectivity index is 2.11. The lowest BCUT2D eigenvalue weighted by Gasteiger charge is -2.45. The highest BCUT2D eigenvalue weighted by Gasteiger charge is 2.49. The molecule has 3 atom stereocenters. The minimum absolute atomic E-state index is 0.132. The molecule has 2 nitrogen and oxygen atoms in total. The summed E-state index contributed by atoms with van der Waals surface area (Å²) in [6, 6.07) is 0.566. The first kappa shape index (κ1) is 11.7. The normalized spacial score (nSPS) is 41.6. The molecular weight excluding hydrogens is 206 g/mol.